The SMILES string of the molecule is COc1ccc(C(=O)[C@@H](C)Sc2nnc(C3CC3)n2Cc2ccccc2)cc1. The molecular formula is C22H23N3O2S. The number of nitrogens with zero attached hydrogens (tertiary/aromatic N) is 3. The van der Waals surface area contributed by atoms with Crippen LogP contribution < -0.4 is 4.74 Å². The Kier molecular flexibility index (Phi) is 5.48. The van der Waals surface area contributed by atoms with E-state index in [9.17, 15) is 4.79 Å². The third kappa shape index (κ3) is 4.12. The number of carbonyl (C=O) groups is 1. The van der Waals surface area contributed by atoms with Crippen molar-refractivity contribution >= 4 is 17.5 Å². The van der Waals surface area contributed by atoms with Crippen molar-refractivity contribution in [2.45, 2.75) is 42.6 Å². The number of carbonyl (C=O) groups excluding carboxylic acids is 1. The van der Waals surface area contributed by atoms with E-state index in [1.165, 1.54) is 17.3 Å². The first-order chi connectivity index (χ1) is 13.7. The molecule has 0 spiro atoms. The molecule has 0 saturated heterocycles. The van der Waals surface area contributed by atoms with Gasteiger partial charge < -0.3 is 9.30 Å². The molecule has 144 valence electrons. The fourth-order valence-corrected chi connectivity index (χ4v) is 4.08. The number of ketones is 1. The first-order valence-corrected chi connectivity index (χ1v) is 10.4. The zero-order valence-corrected chi connectivity index (χ0v) is 16.9. The highest BCUT2D eigenvalue weighted by atomic mass is 32.2. The Morgan fingerprint density at radius 2 is 1.86 bits per heavy atom. The van der Waals surface area contributed by atoms with Crippen LogP contribution in [0.2, 0.25) is 0 Å². The minimum Gasteiger partial charge on any atom is -0.497 e. The molecule has 1 aliphatic carbocycles. The predicted octanol–water partition coefficient (Wildman–Crippen LogP) is 4.58. The summed E-state index contributed by atoms with van der Waals surface area (Å²) in [6.07, 6.45) is 2.33. The molecule has 4 rings (SSSR count). The number of methoxy groups -OCH3 is 1. The van der Waals surface area contributed by atoms with Gasteiger partial charge in [0.15, 0.2) is 10.9 Å². The lowest BCUT2D eigenvalue weighted by Gasteiger charge is -2.13. The molecule has 28 heavy (non-hydrogen) atoms. The first-order valence-electron chi connectivity index (χ1n) is 9.47. The summed E-state index contributed by atoms with van der Waals surface area (Å²) in [5.74, 6) is 2.36. The summed E-state index contributed by atoms with van der Waals surface area (Å²) in [7, 11) is 1.62. The zero-order chi connectivity index (χ0) is 19.5. The van der Waals surface area contributed by atoms with Crippen LogP contribution >= 0.6 is 11.8 Å². The molecule has 1 heterocycles. The lowest BCUT2D eigenvalue weighted by atomic mass is 10.1. The number of hydrogen-bond donors (Lipinski definition) is 0. The van der Waals surface area contributed by atoms with Gasteiger partial charge in [-0.1, -0.05) is 42.1 Å². The monoisotopic (exact) mass is 393 g/mol. The van der Waals surface area contributed by atoms with E-state index in [0.29, 0.717) is 11.5 Å². The van der Waals surface area contributed by atoms with E-state index in [1.54, 1.807) is 7.11 Å². The maximum Gasteiger partial charge on any atom is 0.192 e. The van der Waals surface area contributed by atoms with Gasteiger partial charge in [-0.25, -0.2) is 0 Å². The Morgan fingerprint density at radius 1 is 1.14 bits per heavy atom. The van der Waals surface area contributed by atoms with Gasteiger partial charge in [-0.15, -0.1) is 10.2 Å². The third-order valence-electron chi connectivity index (χ3n) is 4.90. The Bertz CT molecular complexity index is 950. The molecule has 1 saturated carbocycles. The van der Waals surface area contributed by atoms with Crippen molar-refractivity contribution in [3.63, 3.8) is 0 Å². The average Bonchev–Trinajstić information content (AvgIpc) is 3.51. The molecule has 1 fully saturated rings. The fraction of sp³-hybridized carbons (Fsp3) is 0.318. The van der Waals surface area contributed by atoms with E-state index in [1.807, 2.05) is 49.4 Å². The lowest BCUT2D eigenvalue weighted by molar-refractivity contribution is 0.0994. The van der Waals surface area contributed by atoms with Gasteiger partial charge in [-0.2, -0.15) is 0 Å². The van der Waals surface area contributed by atoms with Crippen molar-refractivity contribution in [1.29, 1.82) is 0 Å². The summed E-state index contributed by atoms with van der Waals surface area (Å²) in [5, 5.41) is 9.42. The van der Waals surface area contributed by atoms with E-state index in [0.717, 1.165) is 36.1 Å². The van der Waals surface area contributed by atoms with Gasteiger partial charge >= 0.3 is 0 Å². The molecule has 6 heteroatoms. The summed E-state index contributed by atoms with van der Waals surface area (Å²) in [6.45, 7) is 2.65. The second kappa shape index (κ2) is 8.19. The van der Waals surface area contributed by atoms with Crippen LogP contribution in [0.5, 0.6) is 5.75 Å². The van der Waals surface area contributed by atoms with Crippen LogP contribution in [0.1, 0.15) is 47.4 Å². The largest absolute Gasteiger partial charge is 0.497 e. The number of benzene rings is 2. The van der Waals surface area contributed by atoms with Crippen molar-refractivity contribution < 1.29 is 9.53 Å². The highest BCUT2D eigenvalue weighted by molar-refractivity contribution is 8.00. The van der Waals surface area contributed by atoms with E-state index in [2.05, 4.69) is 26.9 Å². The quantitative estimate of drug-likeness (QED) is 0.414. The second-order valence-corrected chi connectivity index (χ2v) is 8.35. The second-order valence-electron chi connectivity index (χ2n) is 7.04. The van der Waals surface area contributed by atoms with Crippen LogP contribution in [0.15, 0.2) is 59.8 Å². The minimum atomic E-state index is -0.251. The maximum atomic E-state index is 12.9. The highest BCUT2D eigenvalue weighted by Crippen LogP contribution is 2.40. The van der Waals surface area contributed by atoms with Crippen LogP contribution in [-0.4, -0.2) is 32.9 Å². The normalized spacial score (nSPS) is 14.6. The summed E-state index contributed by atoms with van der Waals surface area (Å²) in [4.78, 5) is 12.9. The highest BCUT2D eigenvalue weighted by Gasteiger charge is 2.31. The van der Waals surface area contributed by atoms with E-state index < -0.39 is 0 Å². The molecule has 1 aliphatic rings. The molecule has 5 nitrogen and oxygen atoms in total. The summed E-state index contributed by atoms with van der Waals surface area (Å²) in [6, 6.07) is 17.6. The van der Waals surface area contributed by atoms with Crippen LogP contribution in [0, 0.1) is 0 Å². The van der Waals surface area contributed by atoms with Gasteiger partial charge in [-0.3, -0.25) is 4.79 Å². The van der Waals surface area contributed by atoms with Crippen LogP contribution in [0.25, 0.3) is 0 Å². The van der Waals surface area contributed by atoms with Gasteiger partial charge in [0, 0.05) is 11.5 Å². The van der Waals surface area contributed by atoms with Crippen LogP contribution in [0.3, 0.4) is 0 Å². The lowest BCUT2D eigenvalue weighted by Crippen LogP contribution is -2.15. The van der Waals surface area contributed by atoms with E-state index >= 15 is 0 Å². The predicted molar refractivity (Wildman–Crippen MR) is 110 cm³/mol. The molecule has 2 aromatic carbocycles. The molecular weight excluding hydrogens is 370 g/mol. The summed E-state index contributed by atoms with van der Waals surface area (Å²) in [5.41, 5.74) is 1.89. The Balaban J connectivity index is 1.54. The fourth-order valence-electron chi connectivity index (χ4n) is 3.15. The van der Waals surface area contributed by atoms with Crippen molar-refractivity contribution in [2.75, 3.05) is 7.11 Å². The smallest absolute Gasteiger partial charge is 0.192 e. The molecule has 0 aliphatic heterocycles. The molecule has 0 bridgehead atoms. The molecule has 0 N–H and O–H groups in total. The number of aromatic nitrogens is 3. The molecule has 1 atom stereocenters. The average molecular weight is 394 g/mol. The van der Waals surface area contributed by atoms with Crippen LogP contribution in [0.4, 0.5) is 0 Å². The molecule has 0 radical (unpaired) electrons. The van der Waals surface area contributed by atoms with E-state index in [-0.39, 0.29) is 11.0 Å². The van der Waals surface area contributed by atoms with Crippen molar-refractivity contribution in [2.24, 2.45) is 0 Å². The number of rotatable bonds is 8. The maximum absolute atomic E-state index is 12.9. The van der Waals surface area contributed by atoms with Gasteiger partial charge in [0.2, 0.25) is 0 Å². The zero-order valence-electron chi connectivity index (χ0n) is 16.0. The molecule has 0 amide bonds. The summed E-state index contributed by atoms with van der Waals surface area (Å²) >= 11 is 1.48. The van der Waals surface area contributed by atoms with Crippen molar-refractivity contribution in [1.82, 2.24) is 14.8 Å². The van der Waals surface area contributed by atoms with Gasteiger partial charge in [0.25, 0.3) is 0 Å². The first kappa shape index (κ1) is 18.7. The third-order valence-corrected chi connectivity index (χ3v) is 5.98. The molecule has 3 aromatic rings. The standard InChI is InChI=1S/C22H23N3O2S/c1-15(20(26)17-10-12-19(27-2)13-11-17)28-22-24-23-21(18-8-9-18)25(22)14-16-6-4-3-5-7-16/h3-7,10-13,15,18H,8-9,14H2,1-2H3/t15-/m1/s1. The van der Waals surface area contributed by atoms with Crippen molar-refractivity contribution in [3.8, 4) is 5.75 Å². The van der Waals surface area contributed by atoms with Gasteiger partial charge in [-0.05, 0) is 49.6 Å². The van der Waals surface area contributed by atoms with Crippen LogP contribution in [-0.2, 0) is 6.54 Å². The molecule has 1 aromatic heterocycles. The molecule has 0 unspecified atom stereocenters. The number of hydrogen-bond acceptors (Lipinski definition) is 5. The Morgan fingerprint density at radius 3 is 2.50 bits per heavy atom. The Hall–Kier alpha value is -2.60. The number of Topliss-reactive ketones (excluding diaryl/α,β-unsaturated/α-hetero) is 1. The van der Waals surface area contributed by atoms with Gasteiger partial charge in [0.1, 0.15) is 11.6 Å². The number of ether oxygens (including phenoxy) is 1. The Labute approximate surface area is 169 Å². The van der Waals surface area contributed by atoms with E-state index in [4.69, 9.17) is 4.74 Å². The minimum absolute atomic E-state index is 0.0786. The topological polar surface area (TPSA) is 57.0 Å². The summed E-state index contributed by atoms with van der Waals surface area (Å²) < 4.78 is 7.35. The van der Waals surface area contributed by atoms with Gasteiger partial charge in [0.05, 0.1) is 18.9 Å². The van der Waals surface area contributed by atoms with Crippen molar-refractivity contribution in [3.05, 3.63) is 71.5 Å². The number of thioether (sulfide) groups is 1.